The predicted octanol–water partition coefficient (Wildman–Crippen LogP) is 8.84. The van der Waals surface area contributed by atoms with Crippen molar-refractivity contribution in [3.05, 3.63) is 113 Å². The maximum Gasteiger partial charge on any atom is 0.216 e. The number of aromatic nitrogens is 3. The first-order valence-corrected chi connectivity index (χ1v) is 13.0. The Balaban J connectivity index is 0.000000212. The average molecular weight is 707 g/mol. The van der Waals surface area contributed by atoms with E-state index in [1.165, 1.54) is 26.8 Å². The molecule has 0 saturated carbocycles. The van der Waals surface area contributed by atoms with Gasteiger partial charge in [-0.1, -0.05) is 23.1 Å². The second kappa shape index (κ2) is 11.2. The molecule has 39 heavy (non-hydrogen) atoms. The van der Waals surface area contributed by atoms with Crippen LogP contribution in [-0.4, -0.2) is 15.0 Å². The number of benzene rings is 2. The zero-order chi connectivity index (χ0) is 28.7. The van der Waals surface area contributed by atoms with Crippen LogP contribution in [0.5, 0.6) is 0 Å². The van der Waals surface area contributed by atoms with Crippen LogP contribution in [0, 0.1) is 39.8 Å². The van der Waals surface area contributed by atoms with E-state index in [0.717, 1.165) is 38.7 Å². The van der Waals surface area contributed by atoms with Crippen molar-refractivity contribution in [3.8, 4) is 22.5 Å². The van der Waals surface area contributed by atoms with Crippen molar-refractivity contribution in [1.82, 2.24) is 15.0 Å². The molecule has 0 aliphatic carbocycles. The Morgan fingerprint density at radius 1 is 0.897 bits per heavy atom. The van der Waals surface area contributed by atoms with Crippen LogP contribution in [0.25, 0.3) is 54.7 Å². The summed E-state index contributed by atoms with van der Waals surface area (Å²) in [4.78, 5) is 14.4. The van der Waals surface area contributed by atoms with Crippen molar-refractivity contribution >= 4 is 43.5 Å². The number of furan rings is 1. The van der Waals surface area contributed by atoms with Crippen LogP contribution in [0.4, 0.5) is 0 Å². The van der Waals surface area contributed by atoms with Crippen molar-refractivity contribution < 1.29 is 28.6 Å². The van der Waals surface area contributed by atoms with E-state index in [1.54, 1.807) is 23.6 Å². The smallest absolute Gasteiger partial charge is 0.216 e. The molecule has 6 heteroatoms. The van der Waals surface area contributed by atoms with Crippen LogP contribution >= 0.6 is 11.3 Å². The van der Waals surface area contributed by atoms with E-state index in [0.29, 0.717) is 11.3 Å². The van der Waals surface area contributed by atoms with E-state index in [9.17, 15) is 0 Å². The van der Waals surface area contributed by atoms with Crippen LogP contribution in [-0.2, 0) is 20.1 Å². The molecule has 0 unspecified atom stereocenters. The van der Waals surface area contributed by atoms with Crippen molar-refractivity contribution in [1.29, 1.82) is 0 Å². The van der Waals surface area contributed by atoms with E-state index in [4.69, 9.17) is 8.53 Å². The molecule has 5 heterocycles. The Kier molecular flexibility index (Phi) is 6.66. The molecule has 0 aliphatic rings. The molecule has 0 fully saturated rings. The number of pyridine rings is 3. The molecule has 5 aromatic heterocycles. The Morgan fingerprint density at radius 2 is 1.79 bits per heavy atom. The summed E-state index contributed by atoms with van der Waals surface area (Å²) in [7, 11) is 0. The van der Waals surface area contributed by atoms with Crippen LogP contribution < -0.4 is 0 Å². The molecule has 7 aromatic rings. The molecule has 0 amide bonds. The number of hydrogen-bond donors (Lipinski definition) is 0. The SMILES string of the molecule is Cc1ccc(-c2[c-]cccc2)nc1.[2H]C([2H])([2H])c1ccc2c(n1)oc1c(-c3nccc4sc(C)c(C)c34)[c-]ccc12.[Ir]. The van der Waals surface area contributed by atoms with Crippen LogP contribution in [0.1, 0.15) is 25.8 Å². The number of fused-ring (bicyclic) bond motifs is 4. The second-order valence-electron chi connectivity index (χ2n) is 9.06. The minimum atomic E-state index is -2.28. The zero-order valence-electron chi connectivity index (χ0n) is 24.5. The van der Waals surface area contributed by atoms with Crippen LogP contribution in [0.3, 0.4) is 0 Å². The van der Waals surface area contributed by atoms with Gasteiger partial charge in [-0.2, -0.15) is 0 Å². The van der Waals surface area contributed by atoms with E-state index < -0.39 is 6.85 Å². The Labute approximate surface area is 249 Å². The molecule has 2 aromatic carbocycles. The topological polar surface area (TPSA) is 51.8 Å². The third kappa shape index (κ3) is 5.16. The summed E-state index contributed by atoms with van der Waals surface area (Å²) in [6.45, 7) is 3.96. The van der Waals surface area contributed by atoms with Gasteiger partial charge in [0.2, 0.25) is 5.71 Å². The molecule has 0 spiro atoms. The molecular weight excluding hydrogens is 679 g/mol. The van der Waals surface area contributed by atoms with Gasteiger partial charge < -0.3 is 14.4 Å². The monoisotopic (exact) mass is 707 g/mol. The predicted molar refractivity (Wildman–Crippen MR) is 156 cm³/mol. The Hall–Kier alpha value is -3.70. The number of aryl methyl sites for hydroxylation is 4. The van der Waals surface area contributed by atoms with Crippen LogP contribution in [0.15, 0.2) is 83.5 Å². The molecule has 7 rings (SSSR count). The molecule has 1 radical (unpaired) electrons. The maximum absolute atomic E-state index is 7.59. The molecule has 0 bridgehead atoms. The average Bonchev–Trinajstić information content (AvgIpc) is 3.50. The summed E-state index contributed by atoms with van der Waals surface area (Å²) in [5.41, 5.74) is 6.94. The standard InChI is InChI=1S/C21H15N2OS.C12H10N.Ir/c1-11-7-8-15-14-5-4-6-16(20(14)24-21(15)23-11)19-18-12(2)13(3)25-17(18)9-10-22-19;1-10-7-8-12(13-9-10)11-5-3-2-4-6-11;/h4-5,7-10H,1-3H3;2-5,7-9H,1H3;/q2*-1;/i1D3;;. The number of nitrogens with zero attached hydrogens (tertiary/aromatic N) is 3. The third-order valence-corrected chi connectivity index (χ3v) is 7.68. The molecule has 0 aliphatic heterocycles. The van der Waals surface area contributed by atoms with Gasteiger partial charge in [0.15, 0.2) is 0 Å². The summed E-state index contributed by atoms with van der Waals surface area (Å²) in [5, 5.41) is 2.76. The minimum absolute atomic E-state index is 0. The van der Waals surface area contributed by atoms with Gasteiger partial charge in [-0.25, -0.2) is 4.98 Å². The van der Waals surface area contributed by atoms with Gasteiger partial charge in [0, 0.05) is 63.0 Å². The van der Waals surface area contributed by atoms with Crippen molar-refractivity contribution in [2.75, 3.05) is 0 Å². The summed E-state index contributed by atoms with van der Waals surface area (Å²) < 4.78 is 30.0. The van der Waals surface area contributed by atoms with Gasteiger partial charge in [0.1, 0.15) is 0 Å². The fourth-order valence-corrected chi connectivity index (χ4v) is 5.54. The van der Waals surface area contributed by atoms with Gasteiger partial charge in [-0.05, 0) is 68.0 Å². The number of rotatable bonds is 2. The summed E-state index contributed by atoms with van der Waals surface area (Å²) in [6.07, 6.45) is 3.67. The molecule has 4 nitrogen and oxygen atoms in total. The van der Waals surface area contributed by atoms with Gasteiger partial charge in [0.25, 0.3) is 0 Å². The largest absolute Gasteiger partial charge is 0.486 e. The first-order valence-electron chi connectivity index (χ1n) is 13.7. The van der Waals surface area contributed by atoms with Crippen LogP contribution in [0.2, 0.25) is 0 Å². The Bertz CT molecular complexity index is 2020. The zero-order valence-corrected chi connectivity index (χ0v) is 24.7. The summed E-state index contributed by atoms with van der Waals surface area (Å²) in [5.74, 6) is 0. The minimum Gasteiger partial charge on any atom is -0.486 e. The third-order valence-electron chi connectivity index (χ3n) is 6.51. The Morgan fingerprint density at radius 3 is 2.56 bits per heavy atom. The fourth-order valence-electron chi connectivity index (χ4n) is 4.48. The van der Waals surface area contributed by atoms with Gasteiger partial charge in [-0.3, -0.25) is 0 Å². The maximum atomic E-state index is 7.59. The number of thiophene rings is 1. The van der Waals surface area contributed by atoms with Gasteiger partial charge in [-0.15, -0.1) is 65.4 Å². The number of hydrogen-bond acceptors (Lipinski definition) is 5. The molecule has 0 N–H and O–H groups in total. The van der Waals surface area contributed by atoms with E-state index >= 15 is 0 Å². The van der Waals surface area contributed by atoms with Crippen molar-refractivity contribution in [2.24, 2.45) is 0 Å². The fraction of sp³-hybridized carbons (Fsp3) is 0.121. The first-order chi connectivity index (χ1) is 19.7. The molecule has 0 atom stereocenters. The molecule has 0 saturated heterocycles. The summed E-state index contributed by atoms with van der Waals surface area (Å²) >= 11 is 1.74. The summed E-state index contributed by atoms with van der Waals surface area (Å²) in [6, 6.07) is 27.4. The van der Waals surface area contributed by atoms with Gasteiger partial charge >= 0.3 is 0 Å². The van der Waals surface area contributed by atoms with E-state index in [-0.39, 0.29) is 25.8 Å². The quantitative estimate of drug-likeness (QED) is 0.169. The van der Waals surface area contributed by atoms with E-state index in [2.05, 4.69) is 47.0 Å². The van der Waals surface area contributed by atoms with E-state index in [1.807, 2.05) is 61.7 Å². The second-order valence-corrected chi connectivity index (χ2v) is 10.3. The van der Waals surface area contributed by atoms with Crippen molar-refractivity contribution in [2.45, 2.75) is 27.6 Å². The normalized spacial score (nSPS) is 12.3. The molecular formula is C33H25IrN3OS-2. The van der Waals surface area contributed by atoms with Crippen molar-refractivity contribution in [3.63, 3.8) is 0 Å². The van der Waals surface area contributed by atoms with Gasteiger partial charge in [0.05, 0.1) is 5.58 Å². The molecule has 195 valence electrons. The first kappa shape index (κ1) is 23.2.